The van der Waals surface area contributed by atoms with E-state index in [1.165, 1.54) is 0 Å². The molecule has 0 aliphatic rings. The van der Waals surface area contributed by atoms with E-state index in [2.05, 4.69) is 4.90 Å². The number of nitrogens with zero attached hydrogens (tertiary/aromatic N) is 1. The van der Waals surface area contributed by atoms with Gasteiger partial charge in [0, 0.05) is 20.3 Å². The van der Waals surface area contributed by atoms with Crippen LogP contribution in [0.15, 0.2) is 10.5 Å². The van der Waals surface area contributed by atoms with Crippen molar-refractivity contribution >= 4 is 5.97 Å². The molecular weight excluding hydrogens is 222 g/mol. The van der Waals surface area contributed by atoms with Crippen LogP contribution in [0, 0.1) is 6.92 Å². The van der Waals surface area contributed by atoms with Crippen LogP contribution in [-0.2, 0) is 11.3 Å². The van der Waals surface area contributed by atoms with E-state index in [1.54, 1.807) is 20.1 Å². The van der Waals surface area contributed by atoms with E-state index in [-0.39, 0.29) is 5.56 Å². The quantitative estimate of drug-likeness (QED) is 0.737. The lowest BCUT2D eigenvalue weighted by Crippen LogP contribution is -2.19. The maximum Gasteiger partial charge on any atom is 0.339 e. The fraction of sp³-hybridized carbons (Fsp3) is 0.583. The molecular formula is C12H19NO4. The highest BCUT2D eigenvalue weighted by atomic mass is 16.5. The largest absolute Gasteiger partial charge is 0.478 e. The highest BCUT2D eigenvalue weighted by molar-refractivity contribution is 5.88. The lowest BCUT2D eigenvalue weighted by atomic mass is 10.2. The maximum atomic E-state index is 10.8. The molecule has 96 valence electrons. The number of aromatic carboxylic acids is 1. The number of carboxylic acids is 1. The third kappa shape index (κ3) is 4.20. The number of rotatable bonds is 7. The van der Waals surface area contributed by atoms with Crippen molar-refractivity contribution < 1.29 is 19.1 Å². The second-order valence-corrected chi connectivity index (χ2v) is 4.07. The zero-order chi connectivity index (χ0) is 12.8. The number of carbonyl (C=O) groups is 1. The van der Waals surface area contributed by atoms with Crippen LogP contribution in [0.25, 0.3) is 0 Å². The zero-order valence-electron chi connectivity index (χ0n) is 10.5. The standard InChI is InChI=1S/C12H19NO4/c1-9-11(12(14)15)7-10(17-9)8-13(2)5-4-6-16-3/h7H,4-6,8H2,1-3H3,(H,14,15). The third-order valence-corrected chi connectivity index (χ3v) is 2.51. The molecule has 0 saturated heterocycles. The van der Waals surface area contributed by atoms with Crippen LogP contribution in [0.5, 0.6) is 0 Å². The van der Waals surface area contributed by atoms with Gasteiger partial charge in [-0.2, -0.15) is 0 Å². The van der Waals surface area contributed by atoms with Gasteiger partial charge in [0.15, 0.2) is 0 Å². The number of methoxy groups -OCH3 is 1. The van der Waals surface area contributed by atoms with Gasteiger partial charge in [-0.3, -0.25) is 4.90 Å². The summed E-state index contributed by atoms with van der Waals surface area (Å²) >= 11 is 0. The Bertz CT molecular complexity index is 373. The minimum atomic E-state index is -0.945. The predicted octanol–water partition coefficient (Wildman–Crippen LogP) is 1.75. The highest BCUT2D eigenvalue weighted by Crippen LogP contribution is 2.15. The first-order valence-corrected chi connectivity index (χ1v) is 5.54. The van der Waals surface area contributed by atoms with Gasteiger partial charge >= 0.3 is 5.97 Å². The molecule has 17 heavy (non-hydrogen) atoms. The molecule has 0 aliphatic heterocycles. The minimum absolute atomic E-state index is 0.241. The zero-order valence-corrected chi connectivity index (χ0v) is 10.5. The van der Waals surface area contributed by atoms with Crippen molar-refractivity contribution in [3.63, 3.8) is 0 Å². The fourth-order valence-corrected chi connectivity index (χ4v) is 1.66. The molecule has 0 fully saturated rings. The van der Waals surface area contributed by atoms with Crippen molar-refractivity contribution in [1.29, 1.82) is 0 Å². The molecule has 0 saturated carbocycles. The molecule has 0 aromatic carbocycles. The number of furan rings is 1. The Labute approximate surface area is 101 Å². The number of hydrogen-bond acceptors (Lipinski definition) is 4. The van der Waals surface area contributed by atoms with Crippen LogP contribution in [0.1, 0.15) is 28.3 Å². The van der Waals surface area contributed by atoms with E-state index in [0.717, 1.165) is 19.6 Å². The topological polar surface area (TPSA) is 62.9 Å². The fourth-order valence-electron chi connectivity index (χ4n) is 1.66. The monoisotopic (exact) mass is 241 g/mol. The Hall–Kier alpha value is -1.33. The molecule has 0 spiro atoms. The van der Waals surface area contributed by atoms with Crippen molar-refractivity contribution in [1.82, 2.24) is 4.90 Å². The summed E-state index contributed by atoms with van der Waals surface area (Å²) in [5, 5.41) is 8.90. The molecule has 0 aliphatic carbocycles. The molecule has 1 aromatic heterocycles. The van der Waals surface area contributed by atoms with Crippen molar-refractivity contribution in [3.05, 3.63) is 23.2 Å². The van der Waals surface area contributed by atoms with Crippen molar-refractivity contribution in [3.8, 4) is 0 Å². The molecule has 0 unspecified atom stereocenters. The summed E-state index contributed by atoms with van der Waals surface area (Å²) < 4.78 is 10.4. The van der Waals surface area contributed by atoms with Gasteiger partial charge in [-0.05, 0) is 26.5 Å². The Morgan fingerprint density at radius 1 is 1.59 bits per heavy atom. The average Bonchev–Trinajstić information content (AvgIpc) is 2.60. The first-order chi connectivity index (χ1) is 8.04. The molecule has 0 bridgehead atoms. The third-order valence-electron chi connectivity index (χ3n) is 2.51. The Kier molecular flexibility index (Phi) is 5.18. The van der Waals surface area contributed by atoms with Gasteiger partial charge in [-0.1, -0.05) is 0 Å². The molecule has 1 N–H and O–H groups in total. The minimum Gasteiger partial charge on any atom is -0.478 e. The second kappa shape index (κ2) is 6.42. The summed E-state index contributed by atoms with van der Waals surface area (Å²) in [6.45, 7) is 3.88. The van der Waals surface area contributed by atoms with Crippen LogP contribution >= 0.6 is 0 Å². The van der Waals surface area contributed by atoms with E-state index in [4.69, 9.17) is 14.3 Å². The summed E-state index contributed by atoms with van der Waals surface area (Å²) in [4.78, 5) is 12.9. The van der Waals surface area contributed by atoms with E-state index in [0.29, 0.717) is 18.1 Å². The summed E-state index contributed by atoms with van der Waals surface area (Å²) in [5.74, 6) is 0.192. The summed E-state index contributed by atoms with van der Waals surface area (Å²) in [5.41, 5.74) is 0.241. The molecule has 5 heteroatoms. The van der Waals surface area contributed by atoms with Gasteiger partial charge in [0.05, 0.1) is 6.54 Å². The number of ether oxygens (including phenoxy) is 1. The van der Waals surface area contributed by atoms with Crippen LogP contribution in [0.4, 0.5) is 0 Å². The molecule has 1 aromatic rings. The molecule has 1 heterocycles. The second-order valence-electron chi connectivity index (χ2n) is 4.07. The van der Waals surface area contributed by atoms with Crippen LogP contribution in [0.2, 0.25) is 0 Å². The first-order valence-electron chi connectivity index (χ1n) is 5.54. The van der Waals surface area contributed by atoms with Gasteiger partial charge in [0.2, 0.25) is 0 Å². The van der Waals surface area contributed by atoms with Crippen LogP contribution in [0.3, 0.4) is 0 Å². The Morgan fingerprint density at radius 2 is 2.29 bits per heavy atom. The molecule has 1 rings (SSSR count). The number of aryl methyl sites for hydroxylation is 1. The molecule has 0 atom stereocenters. The molecule has 5 nitrogen and oxygen atoms in total. The smallest absolute Gasteiger partial charge is 0.339 e. The average molecular weight is 241 g/mol. The number of hydrogen-bond donors (Lipinski definition) is 1. The first kappa shape index (κ1) is 13.7. The highest BCUT2D eigenvalue weighted by Gasteiger charge is 2.14. The molecule has 0 radical (unpaired) electrons. The maximum absolute atomic E-state index is 10.8. The van der Waals surface area contributed by atoms with Gasteiger partial charge in [0.1, 0.15) is 17.1 Å². The van der Waals surface area contributed by atoms with Crippen LogP contribution < -0.4 is 0 Å². The lowest BCUT2D eigenvalue weighted by molar-refractivity contribution is 0.0695. The summed E-state index contributed by atoms with van der Waals surface area (Å²) in [6.07, 6.45) is 0.943. The Morgan fingerprint density at radius 3 is 2.82 bits per heavy atom. The summed E-state index contributed by atoms with van der Waals surface area (Å²) in [6, 6.07) is 1.59. The van der Waals surface area contributed by atoms with Crippen molar-refractivity contribution in [2.75, 3.05) is 27.3 Å². The van der Waals surface area contributed by atoms with Crippen molar-refractivity contribution in [2.45, 2.75) is 19.9 Å². The van der Waals surface area contributed by atoms with Crippen molar-refractivity contribution in [2.24, 2.45) is 0 Å². The predicted molar refractivity (Wildman–Crippen MR) is 63.2 cm³/mol. The van der Waals surface area contributed by atoms with Crippen LogP contribution in [-0.4, -0.2) is 43.3 Å². The normalized spacial score (nSPS) is 11.1. The summed E-state index contributed by atoms with van der Waals surface area (Å²) in [7, 11) is 3.64. The van der Waals surface area contributed by atoms with Gasteiger partial charge < -0.3 is 14.3 Å². The Balaban J connectivity index is 2.51. The lowest BCUT2D eigenvalue weighted by Gasteiger charge is -2.14. The number of carboxylic acid groups (broad SMARTS) is 1. The SMILES string of the molecule is COCCCN(C)Cc1cc(C(=O)O)c(C)o1. The van der Waals surface area contributed by atoms with E-state index in [9.17, 15) is 4.79 Å². The van der Waals surface area contributed by atoms with Gasteiger partial charge in [0.25, 0.3) is 0 Å². The van der Waals surface area contributed by atoms with Gasteiger partial charge in [-0.25, -0.2) is 4.79 Å². The van der Waals surface area contributed by atoms with Gasteiger partial charge in [-0.15, -0.1) is 0 Å². The van der Waals surface area contributed by atoms with E-state index in [1.807, 2.05) is 7.05 Å². The van der Waals surface area contributed by atoms with E-state index >= 15 is 0 Å². The van der Waals surface area contributed by atoms with E-state index < -0.39 is 5.97 Å². The molecule has 0 amide bonds.